The number of hydrogen-bond donors (Lipinski definition) is 2. The van der Waals surface area contributed by atoms with E-state index >= 15 is 0 Å². The molecule has 4 rings (SSSR count). The number of hydrogen-bond acceptors (Lipinski definition) is 4. The maximum Gasteiger partial charge on any atom is 0.271 e. The van der Waals surface area contributed by atoms with Gasteiger partial charge in [0.05, 0.1) is 0 Å². The van der Waals surface area contributed by atoms with Gasteiger partial charge in [-0.15, -0.1) is 11.3 Å². The zero-order chi connectivity index (χ0) is 21.0. The van der Waals surface area contributed by atoms with Gasteiger partial charge >= 0.3 is 0 Å². The van der Waals surface area contributed by atoms with Crippen molar-refractivity contribution in [1.29, 1.82) is 0 Å². The van der Waals surface area contributed by atoms with Gasteiger partial charge in [-0.25, -0.2) is 8.42 Å². The van der Waals surface area contributed by atoms with Crippen LogP contribution in [0.2, 0.25) is 0 Å². The fourth-order valence-electron chi connectivity index (χ4n) is 2.97. The monoisotopic (exact) mass is 434 g/mol. The fraction of sp³-hybridized carbons (Fsp3) is 0. The van der Waals surface area contributed by atoms with Crippen LogP contribution in [0.5, 0.6) is 0 Å². The number of rotatable bonds is 6. The first-order chi connectivity index (χ1) is 14.5. The maximum absolute atomic E-state index is 12.7. The number of nitrogens with one attached hydrogen (secondary N) is 2. The summed E-state index contributed by atoms with van der Waals surface area (Å²) in [7, 11) is -3.62. The Balaban J connectivity index is 1.50. The van der Waals surface area contributed by atoms with E-state index in [1.54, 1.807) is 41.8 Å². The van der Waals surface area contributed by atoms with Gasteiger partial charge < -0.3 is 5.32 Å². The van der Waals surface area contributed by atoms with Gasteiger partial charge in [-0.2, -0.15) is 0 Å². The second kappa shape index (κ2) is 8.52. The molecule has 0 radical (unpaired) electrons. The van der Waals surface area contributed by atoms with E-state index in [1.165, 1.54) is 0 Å². The van der Waals surface area contributed by atoms with Gasteiger partial charge in [-0.1, -0.05) is 54.6 Å². The third-order valence-corrected chi connectivity index (χ3v) is 7.20. The lowest BCUT2D eigenvalue weighted by molar-refractivity contribution is 0.102. The highest BCUT2D eigenvalue weighted by Gasteiger charge is 2.16. The zero-order valence-electron chi connectivity index (χ0n) is 15.8. The first-order valence-corrected chi connectivity index (χ1v) is 11.5. The molecule has 0 aliphatic rings. The number of sulfonamides is 1. The fourth-order valence-corrected chi connectivity index (χ4v) is 5.02. The summed E-state index contributed by atoms with van der Waals surface area (Å²) in [4.78, 5) is 12.7. The molecule has 3 aromatic carbocycles. The lowest BCUT2D eigenvalue weighted by atomic mass is 10.0. The molecule has 7 heteroatoms. The number of carbonyl (C=O) groups is 1. The molecule has 0 saturated carbocycles. The Labute approximate surface area is 179 Å². The summed E-state index contributed by atoms with van der Waals surface area (Å²) in [5.41, 5.74) is 3.45. The first-order valence-electron chi connectivity index (χ1n) is 9.15. The minimum Gasteiger partial charge on any atom is -0.321 e. The van der Waals surface area contributed by atoms with Crippen molar-refractivity contribution in [2.45, 2.75) is 4.21 Å². The van der Waals surface area contributed by atoms with Crippen LogP contribution in [-0.4, -0.2) is 14.3 Å². The number of carbonyl (C=O) groups excluding carboxylic acids is 1. The summed E-state index contributed by atoms with van der Waals surface area (Å²) in [6.45, 7) is 0. The van der Waals surface area contributed by atoms with Gasteiger partial charge in [-0.05, 0) is 47.3 Å². The molecule has 0 aliphatic carbocycles. The van der Waals surface area contributed by atoms with E-state index in [0.717, 1.165) is 22.5 Å². The SMILES string of the molecule is O=C(Nc1ccccc1-c1ccccc1)c1ccc(NS(=O)(=O)c2cccs2)cc1. The summed E-state index contributed by atoms with van der Waals surface area (Å²) in [5.74, 6) is -0.272. The summed E-state index contributed by atoms with van der Waals surface area (Å²) in [5, 5.41) is 4.64. The van der Waals surface area contributed by atoms with Crippen molar-refractivity contribution in [3.8, 4) is 11.1 Å². The van der Waals surface area contributed by atoms with E-state index in [-0.39, 0.29) is 10.1 Å². The highest BCUT2D eigenvalue weighted by Crippen LogP contribution is 2.28. The maximum atomic E-state index is 12.7. The third-order valence-electron chi connectivity index (χ3n) is 4.42. The normalized spacial score (nSPS) is 11.1. The molecule has 1 heterocycles. The van der Waals surface area contributed by atoms with Crippen molar-refractivity contribution < 1.29 is 13.2 Å². The number of amides is 1. The van der Waals surface area contributed by atoms with Crippen molar-refractivity contribution in [1.82, 2.24) is 0 Å². The standard InChI is InChI=1S/C23H18N2O3S2/c26-23(24-21-10-5-4-9-20(21)17-7-2-1-3-8-17)18-12-14-19(15-13-18)25-30(27,28)22-11-6-16-29-22/h1-16,25H,(H,24,26). The molecule has 0 bridgehead atoms. The van der Waals surface area contributed by atoms with Crippen LogP contribution >= 0.6 is 11.3 Å². The second-order valence-electron chi connectivity index (χ2n) is 6.48. The molecule has 0 aliphatic heterocycles. The van der Waals surface area contributed by atoms with Crippen LogP contribution in [0.1, 0.15) is 10.4 Å². The molecule has 5 nitrogen and oxygen atoms in total. The highest BCUT2D eigenvalue weighted by atomic mass is 32.2. The van der Waals surface area contributed by atoms with E-state index in [4.69, 9.17) is 0 Å². The van der Waals surface area contributed by atoms with Gasteiger partial charge in [0.25, 0.3) is 15.9 Å². The van der Waals surface area contributed by atoms with Crippen LogP contribution in [0.4, 0.5) is 11.4 Å². The smallest absolute Gasteiger partial charge is 0.271 e. The zero-order valence-corrected chi connectivity index (χ0v) is 17.4. The molecule has 1 aromatic heterocycles. The second-order valence-corrected chi connectivity index (χ2v) is 9.34. The highest BCUT2D eigenvalue weighted by molar-refractivity contribution is 7.94. The van der Waals surface area contributed by atoms with Crippen molar-refractivity contribution in [3.63, 3.8) is 0 Å². The molecule has 0 unspecified atom stereocenters. The lowest BCUT2D eigenvalue weighted by Crippen LogP contribution is -2.14. The Morgan fingerprint density at radius 3 is 2.17 bits per heavy atom. The Bertz CT molecular complexity index is 1250. The minimum absolute atomic E-state index is 0.238. The van der Waals surface area contributed by atoms with Gasteiger partial charge in [0.15, 0.2) is 0 Å². The topological polar surface area (TPSA) is 75.3 Å². The molecule has 0 atom stereocenters. The molecular weight excluding hydrogens is 416 g/mol. The molecule has 0 spiro atoms. The van der Waals surface area contributed by atoms with Crippen molar-refractivity contribution in [3.05, 3.63) is 102 Å². The first kappa shape index (κ1) is 19.9. The Morgan fingerprint density at radius 2 is 1.47 bits per heavy atom. The quantitative estimate of drug-likeness (QED) is 0.423. The Kier molecular flexibility index (Phi) is 5.65. The van der Waals surface area contributed by atoms with Crippen molar-refractivity contribution >= 4 is 38.6 Å². The summed E-state index contributed by atoms with van der Waals surface area (Å²) in [6, 6.07) is 26.9. The number of para-hydroxylation sites is 1. The Morgan fingerprint density at radius 1 is 0.767 bits per heavy atom. The predicted octanol–water partition coefficient (Wildman–Crippen LogP) is 5.47. The number of thiophene rings is 1. The minimum atomic E-state index is -3.62. The van der Waals surface area contributed by atoms with Crippen LogP contribution in [0.15, 0.2) is 101 Å². The van der Waals surface area contributed by atoms with Crippen molar-refractivity contribution in [2.24, 2.45) is 0 Å². The summed E-state index contributed by atoms with van der Waals surface area (Å²) >= 11 is 1.14. The summed E-state index contributed by atoms with van der Waals surface area (Å²) in [6.07, 6.45) is 0. The van der Waals surface area contributed by atoms with E-state index < -0.39 is 10.0 Å². The van der Waals surface area contributed by atoms with E-state index in [0.29, 0.717) is 16.9 Å². The molecular formula is C23H18N2O3S2. The van der Waals surface area contributed by atoms with E-state index in [2.05, 4.69) is 10.0 Å². The predicted molar refractivity (Wildman–Crippen MR) is 121 cm³/mol. The van der Waals surface area contributed by atoms with E-state index in [9.17, 15) is 13.2 Å². The molecule has 4 aromatic rings. The molecule has 2 N–H and O–H groups in total. The van der Waals surface area contributed by atoms with Gasteiger partial charge in [0.2, 0.25) is 0 Å². The average molecular weight is 435 g/mol. The Hall–Kier alpha value is -3.42. The van der Waals surface area contributed by atoms with Crippen LogP contribution in [0.25, 0.3) is 11.1 Å². The number of anilines is 2. The number of benzene rings is 3. The molecule has 150 valence electrons. The average Bonchev–Trinajstić information content (AvgIpc) is 3.31. The van der Waals surface area contributed by atoms with Crippen LogP contribution < -0.4 is 10.0 Å². The molecule has 30 heavy (non-hydrogen) atoms. The van der Waals surface area contributed by atoms with Gasteiger partial charge in [-0.3, -0.25) is 9.52 Å². The van der Waals surface area contributed by atoms with Crippen LogP contribution in [-0.2, 0) is 10.0 Å². The largest absolute Gasteiger partial charge is 0.321 e. The summed E-state index contributed by atoms with van der Waals surface area (Å²) < 4.78 is 27.4. The van der Waals surface area contributed by atoms with Crippen LogP contribution in [0, 0.1) is 0 Å². The van der Waals surface area contributed by atoms with E-state index in [1.807, 2.05) is 54.6 Å². The molecule has 1 amide bonds. The molecule has 0 fully saturated rings. The van der Waals surface area contributed by atoms with Crippen molar-refractivity contribution in [2.75, 3.05) is 10.0 Å². The molecule has 0 saturated heterocycles. The lowest BCUT2D eigenvalue weighted by Gasteiger charge is -2.12. The van der Waals surface area contributed by atoms with Crippen LogP contribution in [0.3, 0.4) is 0 Å². The van der Waals surface area contributed by atoms with Gasteiger partial charge in [0.1, 0.15) is 4.21 Å². The van der Waals surface area contributed by atoms with Gasteiger partial charge in [0, 0.05) is 22.5 Å². The third kappa shape index (κ3) is 4.42.